The Hall–Kier alpha value is -2.68. The van der Waals surface area contributed by atoms with E-state index in [2.05, 4.69) is 37.3 Å². The van der Waals surface area contributed by atoms with Gasteiger partial charge in [-0.2, -0.15) is 0 Å². The maximum absolute atomic E-state index is 12.9. The van der Waals surface area contributed by atoms with E-state index in [1.807, 2.05) is 25.3 Å². The summed E-state index contributed by atoms with van der Waals surface area (Å²) < 4.78 is 1.68. The Labute approximate surface area is 141 Å². The molecule has 0 atom stereocenters. The number of aromatic nitrogens is 2. The zero-order valence-corrected chi connectivity index (χ0v) is 14.0. The first-order chi connectivity index (χ1) is 11.6. The zero-order valence-electron chi connectivity index (χ0n) is 14.0. The first-order valence-electron chi connectivity index (χ1n) is 8.41. The van der Waals surface area contributed by atoms with Crippen molar-refractivity contribution in [1.29, 1.82) is 0 Å². The third-order valence-corrected chi connectivity index (χ3v) is 4.66. The first kappa shape index (κ1) is 14.9. The van der Waals surface area contributed by atoms with E-state index in [1.165, 1.54) is 11.1 Å². The van der Waals surface area contributed by atoms with E-state index in [9.17, 15) is 4.79 Å². The normalized spacial score (nSPS) is 15.7. The molecule has 3 nitrogen and oxygen atoms in total. The molecule has 0 amide bonds. The molecule has 3 heteroatoms. The highest BCUT2D eigenvalue weighted by molar-refractivity contribution is 5.82. The fourth-order valence-corrected chi connectivity index (χ4v) is 3.35. The Bertz CT molecular complexity index is 1010. The van der Waals surface area contributed by atoms with Crippen LogP contribution in [0.5, 0.6) is 0 Å². The number of fused-ring (bicyclic) bond motifs is 2. The minimum atomic E-state index is 0.0770. The van der Waals surface area contributed by atoms with Crippen molar-refractivity contribution >= 4 is 17.3 Å². The number of benzene rings is 1. The number of rotatable bonds is 1. The van der Waals surface area contributed by atoms with Gasteiger partial charge in [0.05, 0.1) is 5.69 Å². The molecule has 0 spiro atoms. The summed E-state index contributed by atoms with van der Waals surface area (Å²) in [4.78, 5) is 17.7. The van der Waals surface area contributed by atoms with E-state index in [0.29, 0.717) is 0 Å². The van der Waals surface area contributed by atoms with Gasteiger partial charge in [-0.05, 0) is 62.0 Å². The molecule has 1 aliphatic rings. The van der Waals surface area contributed by atoms with Crippen molar-refractivity contribution in [3.05, 3.63) is 80.9 Å². The van der Waals surface area contributed by atoms with Crippen molar-refractivity contribution in [2.75, 3.05) is 0 Å². The zero-order chi connectivity index (χ0) is 16.7. The molecule has 0 saturated heterocycles. The Morgan fingerprint density at radius 2 is 1.75 bits per heavy atom. The first-order valence-corrected chi connectivity index (χ1v) is 8.41. The molecular weight excluding hydrogens is 296 g/mol. The second-order valence-electron chi connectivity index (χ2n) is 6.61. The fourth-order valence-electron chi connectivity index (χ4n) is 3.35. The van der Waals surface area contributed by atoms with Crippen molar-refractivity contribution in [3.63, 3.8) is 0 Å². The van der Waals surface area contributed by atoms with Crippen molar-refractivity contribution in [3.8, 4) is 0 Å². The number of allylic oxidation sites excluding steroid dienone is 1. The standard InChI is InChI=1S/C21H20N2O/c1-14-6-9-16(10-7-14)12-17-4-3-5-18-20(17)22-19-11-8-15(2)13-23(19)21(18)24/h6-13H,3-5H2,1-2H3/b17-12-. The summed E-state index contributed by atoms with van der Waals surface area (Å²) in [7, 11) is 0. The second kappa shape index (κ2) is 5.75. The summed E-state index contributed by atoms with van der Waals surface area (Å²) >= 11 is 0. The number of hydrogen-bond donors (Lipinski definition) is 0. The van der Waals surface area contributed by atoms with E-state index in [0.717, 1.165) is 47.3 Å². The molecule has 24 heavy (non-hydrogen) atoms. The van der Waals surface area contributed by atoms with Crippen molar-refractivity contribution in [2.24, 2.45) is 0 Å². The fraction of sp³-hybridized carbons (Fsp3) is 0.238. The quantitative estimate of drug-likeness (QED) is 0.674. The van der Waals surface area contributed by atoms with Crippen LogP contribution in [0.4, 0.5) is 0 Å². The average molecular weight is 316 g/mol. The molecule has 3 aromatic rings. The molecule has 0 unspecified atom stereocenters. The molecule has 2 aromatic heterocycles. The topological polar surface area (TPSA) is 34.4 Å². The molecule has 0 saturated carbocycles. The van der Waals surface area contributed by atoms with E-state index in [1.54, 1.807) is 4.40 Å². The SMILES string of the molecule is Cc1ccc(/C=C2/CCCc3c2nc2ccc(C)cn2c3=O)cc1. The molecule has 1 aromatic carbocycles. The smallest absolute Gasteiger partial charge is 0.261 e. The predicted octanol–water partition coefficient (Wildman–Crippen LogP) is 4.19. The second-order valence-corrected chi connectivity index (χ2v) is 6.61. The third-order valence-electron chi connectivity index (χ3n) is 4.66. The van der Waals surface area contributed by atoms with Crippen LogP contribution in [-0.4, -0.2) is 9.38 Å². The van der Waals surface area contributed by atoms with Crippen LogP contribution >= 0.6 is 0 Å². The third kappa shape index (κ3) is 2.56. The lowest BCUT2D eigenvalue weighted by Crippen LogP contribution is -2.24. The largest absolute Gasteiger partial charge is 0.269 e. The summed E-state index contributed by atoms with van der Waals surface area (Å²) in [5, 5.41) is 0. The van der Waals surface area contributed by atoms with Crippen LogP contribution in [0.1, 0.15) is 40.8 Å². The van der Waals surface area contributed by atoms with Gasteiger partial charge >= 0.3 is 0 Å². The maximum atomic E-state index is 12.9. The van der Waals surface area contributed by atoms with Gasteiger partial charge in [-0.15, -0.1) is 0 Å². The highest BCUT2D eigenvalue weighted by Gasteiger charge is 2.20. The summed E-state index contributed by atoms with van der Waals surface area (Å²) in [5.41, 5.74) is 7.18. The van der Waals surface area contributed by atoms with E-state index in [4.69, 9.17) is 4.98 Å². The Morgan fingerprint density at radius 3 is 2.54 bits per heavy atom. The minimum Gasteiger partial charge on any atom is -0.269 e. The summed E-state index contributed by atoms with van der Waals surface area (Å²) in [6, 6.07) is 12.4. The van der Waals surface area contributed by atoms with Crippen LogP contribution in [0, 0.1) is 13.8 Å². The van der Waals surface area contributed by atoms with Gasteiger partial charge in [0.1, 0.15) is 5.65 Å². The Kier molecular flexibility index (Phi) is 3.57. The van der Waals surface area contributed by atoms with Crippen LogP contribution in [-0.2, 0) is 6.42 Å². The molecule has 0 N–H and O–H groups in total. The van der Waals surface area contributed by atoms with Gasteiger partial charge in [0.15, 0.2) is 0 Å². The monoisotopic (exact) mass is 316 g/mol. The van der Waals surface area contributed by atoms with Gasteiger partial charge in [0.2, 0.25) is 0 Å². The highest BCUT2D eigenvalue weighted by Crippen LogP contribution is 2.29. The van der Waals surface area contributed by atoms with E-state index < -0.39 is 0 Å². The van der Waals surface area contributed by atoms with Gasteiger partial charge in [-0.1, -0.05) is 35.9 Å². The van der Waals surface area contributed by atoms with Crippen molar-refractivity contribution < 1.29 is 0 Å². The van der Waals surface area contributed by atoms with Gasteiger partial charge in [0, 0.05) is 11.8 Å². The van der Waals surface area contributed by atoms with Gasteiger partial charge in [0.25, 0.3) is 5.56 Å². The Balaban J connectivity index is 1.91. The summed E-state index contributed by atoms with van der Waals surface area (Å²) in [6.45, 7) is 4.08. The number of hydrogen-bond acceptors (Lipinski definition) is 2. The number of nitrogens with zero attached hydrogens (tertiary/aromatic N) is 2. The molecule has 2 heterocycles. The average Bonchev–Trinajstić information content (AvgIpc) is 2.58. The van der Waals surface area contributed by atoms with Gasteiger partial charge in [-0.3, -0.25) is 9.20 Å². The van der Waals surface area contributed by atoms with Crippen LogP contribution in [0.3, 0.4) is 0 Å². The predicted molar refractivity (Wildman–Crippen MR) is 98.2 cm³/mol. The lowest BCUT2D eigenvalue weighted by Gasteiger charge is -2.18. The molecule has 4 rings (SSSR count). The van der Waals surface area contributed by atoms with E-state index in [-0.39, 0.29) is 5.56 Å². The number of pyridine rings is 1. The maximum Gasteiger partial charge on any atom is 0.261 e. The molecule has 1 aliphatic carbocycles. The molecule has 0 fully saturated rings. The van der Waals surface area contributed by atoms with Crippen LogP contribution in [0.15, 0.2) is 47.4 Å². The lowest BCUT2D eigenvalue weighted by molar-refractivity contribution is 0.786. The molecule has 0 radical (unpaired) electrons. The molecular formula is C21H20N2O. The molecule has 0 aliphatic heterocycles. The van der Waals surface area contributed by atoms with Gasteiger partial charge in [-0.25, -0.2) is 4.98 Å². The van der Waals surface area contributed by atoms with Crippen molar-refractivity contribution in [1.82, 2.24) is 9.38 Å². The van der Waals surface area contributed by atoms with Gasteiger partial charge < -0.3 is 0 Å². The minimum absolute atomic E-state index is 0.0770. The highest BCUT2D eigenvalue weighted by atomic mass is 16.1. The van der Waals surface area contributed by atoms with E-state index >= 15 is 0 Å². The number of aryl methyl sites for hydroxylation is 2. The Morgan fingerprint density at radius 1 is 1.00 bits per heavy atom. The lowest BCUT2D eigenvalue weighted by atomic mass is 9.90. The molecule has 120 valence electrons. The van der Waals surface area contributed by atoms with Crippen molar-refractivity contribution in [2.45, 2.75) is 33.1 Å². The summed E-state index contributed by atoms with van der Waals surface area (Å²) in [6.07, 6.45) is 6.83. The summed E-state index contributed by atoms with van der Waals surface area (Å²) in [5.74, 6) is 0. The van der Waals surface area contributed by atoms with Crippen LogP contribution in [0.25, 0.3) is 17.3 Å². The van der Waals surface area contributed by atoms with Crippen LogP contribution in [0.2, 0.25) is 0 Å². The molecule has 0 bridgehead atoms. The van der Waals surface area contributed by atoms with Crippen LogP contribution < -0.4 is 5.56 Å².